The van der Waals surface area contributed by atoms with Gasteiger partial charge in [0.1, 0.15) is 17.5 Å². The molecule has 5 heteroatoms. The molecule has 2 rings (SSSR count). The Hall–Kier alpha value is -1.42. The van der Waals surface area contributed by atoms with Crippen LogP contribution in [0.25, 0.3) is 0 Å². The summed E-state index contributed by atoms with van der Waals surface area (Å²) in [7, 11) is 0. The molecule has 1 atom stereocenters. The summed E-state index contributed by atoms with van der Waals surface area (Å²) in [6.45, 7) is 6.80. The third kappa shape index (κ3) is 4.30. The van der Waals surface area contributed by atoms with Gasteiger partial charge < -0.3 is 14.4 Å². The summed E-state index contributed by atoms with van der Waals surface area (Å²) in [5.41, 5.74) is -0.466. The van der Waals surface area contributed by atoms with Gasteiger partial charge in [-0.05, 0) is 45.0 Å². The Morgan fingerprint density at radius 3 is 2.55 bits per heavy atom. The molecular weight excluding hydrogens is 278 g/mol. The van der Waals surface area contributed by atoms with Gasteiger partial charge in [0.05, 0.1) is 6.54 Å². The number of carbonyl (C=O) groups excluding carboxylic acids is 1. The second-order valence-corrected chi connectivity index (χ2v) is 6.35. The molecule has 0 radical (unpaired) electrons. The third-order valence-corrected chi connectivity index (χ3v) is 3.17. The molecule has 20 heavy (non-hydrogen) atoms. The second-order valence-electron chi connectivity index (χ2n) is 5.91. The molecule has 0 aromatic heterocycles. The predicted octanol–water partition coefficient (Wildman–Crippen LogP) is 3.73. The van der Waals surface area contributed by atoms with Crippen LogP contribution in [0.5, 0.6) is 5.75 Å². The van der Waals surface area contributed by atoms with E-state index in [1.807, 2.05) is 32.9 Å². The molecule has 1 heterocycles. The molecule has 1 unspecified atom stereocenters. The van der Waals surface area contributed by atoms with Crippen molar-refractivity contribution in [1.29, 1.82) is 0 Å². The van der Waals surface area contributed by atoms with Crippen LogP contribution in [0.3, 0.4) is 0 Å². The zero-order valence-corrected chi connectivity index (χ0v) is 12.8. The number of hydrogen-bond acceptors (Lipinski definition) is 3. The Kier molecular flexibility index (Phi) is 4.43. The lowest BCUT2D eigenvalue weighted by Crippen LogP contribution is -2.36. The fourth-order valence-corrected chi connectivity index (χ4v) is 2.15. The van der Waals surface area contributed by atoms with Crippen molar-refractivity contribution in [1.82, 2.24) is 4.90 Å². The highest BCUT2D eigenvalue weighted by Gasteiger charge is 2.30. The van der Waals surface area contributed by atoms with E-state index in [2.05, 4.69) is 0 Å². The first-order valence-electron chi connectivity index (χ1n) is 6.74. The number of hydrogen-bond donors (Lipinski definition) is 0. The van der Waals surface area contributed by atoms with Gasteiger partial charge in [-0.3, -0.25) is 0 Å². The number of carbonyl (C=O) groups is 1. The fourth-order valence-electron chi connectivity index (χ4n) is 2.02. The molecule has 0 aliphatic carbocycles. The van der Waals surface area contributed by atoms with Crippen molar-refractivity contribution in [2.24, 2.45) is 0 Å². The quantitative estimate of drug-likeness (QED) is 0.835. The maximum Gasteiger partial charge on any atom is 0.410 e. The molecule has 0 saturated carbocycles. The monoisotopic (exact) mass is 297 g/mol. The van der Waals surface area contributed by atoms with Gasteiger partial charge in [-0.15, -0.1) is 0 Å². The topological polar surface area (TPSA) is 38.8 Å². The Balaban J connectivity index is 1.86. The van der Waals surface area contributed by atoms with Gasteiger partial charge in [0.2, 0.25) is 0 Å². The minimum Gasteiger partial charge on any atom is -0.489 e. The standard InChI is InChI=1S/C15H20ClNO3/c1-15(2,3)20-14(18)17-9-8-13(10-17)19-12-6-4-11(16)5-7-12/h4-7,13H,8-10H2,1-3H3. The van der Waals surface area contributed by atoms with E-state index in [0.29, 0.717) is 18.1 Å². The minimum atomic E-state index is -0.466. The summed E-state index contributed by atoms with van der Waals surface area (Å²) in [6.07, 6.45) is 0.533. The van der Waals surface area contributed by atoms with Crippen molar-refractivity contribution in [2.45, 2.75) is 38.9 Å². The highest BCUT2D eigenvalue weighted by Crippen LogP contribution is 2.21. The molecule has 0 bridgehead atoms. The normalized spacial score (nSPS) is 19.0. The highest BCUT2D eigenvalue weighted by molar-refractivity contribution is 6.30. The first-order chi connectivity index (χ1) is 9.33. The molecule has 1 aliphatic heterocycles. The van der Waals surface area contributed by atoms with E-state index in [4.69, 9.17) is 21.1 Å². The van der Waals surface area contributed by atoms with Crippen molar-refractivity contribution < 1.29 is 14.3 Å². The van der Waals surface area contributed by atoms with E-state index in [1.54, 1.807) is 17.0 Å². The van der Waals surface area contributed by atoms with Gasteiger partial charge >= 0.3 is 6.09 Å². The second kappa shape index (κ2) is 5.92. The number of benzene rings is 1. The number of amides is 1. The van der Waals surface area contributed by atoms with Crippen LogP contribution in [0.1, 0.15) is 27.2 Å². The fraction of sp³-hybridized carbons (Fsp3) is 0.533. The molecule has 0 N–H and O–H groups in total. The highest BCUT2D eigenvalue weighted by atomic mass is 35.5. The zero-order chi connectivity index (χ0) is 14.8. The average Bonchev–Trinajstić information content (AvgIpc) is 2.79. The van der Waals surface area contributed by atoms with E-state index in [9.17, 15) is 4.79 Å². The first kappa shape index (κ1) is 15.0. The van der Waals surface area contributed by atoms with Crippen LogP contribution >= 0.6 is 11.6 Å². The Labute approximate surface area is 124 Å². The molecule has 1 saturated heterocycles. The molecule has 0 spiro atoms. The molecule has 1 aliphatic rings. The van der Waals surface area contributed by atoms with Gasteiger partial charge in [0.15, 0.2) is 0 Å². The van der Waals surface area contributed by atoms with E-state index >= 15 is 0 Å². The predicted molar refractivity (Wildman–Crippen MR) is 78.3 cm³/mol. The summed E-state index contributed by atoms with van der Waals surface area (Å²) in [5, 5.41) is 0.680. The molecule has 1 aromatic carbocycles. The Bertz CT molecular complexity index is 467. The van der Waals surface area contributed by atoms with Gasteiger partial charge in [0, 0.05) is 18.0 Å². The van der Waals surface area contributed by atoms with Gasteiger partial charge in [-0.25, -0.2) is 4.79 Å². The Morgan fingerprint density at radius 2 is 1.95 bits per heavy atom. The maximum absolute atomic E-state index is 11.9. The lowest BCUT2D eigenvalue weighted by Gasteiger charge is -2.24. The summed E-state index contributed by atoms with van der Waals surface area (Å²) < 4.78 is 11.2. The summed E-state index contributed by atoms with van der Waals surface area (Å²) in [6, 6.07) is 7.24. The smallest absolute Gasteiger partial charge is 0.410 e. The van der Waals surface area contributed by atoms with Crippen LogP contribution in [-0.2, 0) is 4.74 Å². The van der Waals surface area contributed by atoms with Crippen LogP contribution in [0.4, 0.5) is 4.79 Å². The summed E-state index contributed by atoms with van der Waals surface area (Å²) >= 11 is 5.83. The van der Waals surface area contributed by atoms with Crippen LogP contribution < -0.4 is 4.74 Å². The largest absolute Gasteiger partial charge is 0.489 e. The van der Waals surface area contributed by atoms with E-state index in [1.165, 1.54) is 0 Å². The SMILES string of the molecule is CC(C)(C)OC(=O)N1CCC(Oc2ccc(Cl)cc2)C1. The van der Waals surface area contributed by atoms with Crippen molar-refractivity contribution in [2.75, 3.05) is 13.1 Å². The van der Waals surface area contributed by atoms with Crippen molar-refractivity contribution in [3.05, 3.63) is 29.3 Å². The summed E-state index contributed by atoms with van der Waals surface area (Å²) in [4.78, 5) is 13.6. The zero-order valence-electron chi connectivity index (χ0n) is 12.1. The summed E-state index contributed by atoms with van der Waals surface area (Å²) in [5.74, 6) is 0.769. The molecule has 4 nitrogen and oxygen atoms in total. The van der Waals surface area contributed by atoms with E-state index < -0.39 is 5.60 Å². The molecule has 1 fully saturated rings. The van der Waals surface area contributed by atoms with Gasteiger partial charge in [-0.1, -0.05) is 11.6 Å². The van der Waals surface area contributed by atoms with E-state index in [0.717, 1.165) is 12.2 Å². The lowest BCUT2D eigenvalue weighted by molar-refractivity contribution is 0.0275. The lowest BCUT2D eigenvalue weighted by atomic mass is 10.2. The number of likely N-dealkylation sites (tertiary alicyclic amines) is 1. The maximum atomic E-state index is 11.9. The van der Waals surface area contributed by atoms with Crippen LogP contribution in [0.15, 0.2) is 24.3 Å². The molecule has 1 aromatic rings. The molecule has 1 amide bonds. The molecular formula is C15H20ClNO3. The third-order valence-electron chi connectivity index (χ3n) is 2.91. The number of nitrogens with zero attached hydrogens (tertiary/aromatic N) is 1. The van der Waals surface area contributed by atoms with E-state index in [-0.39, 0.29) is 12.2 Å². The molecule has 110 valence electrons. The number of halogens is 1. The first-order valence-corrected chi connectivity index (χ1v) is 7.11. The van der Waals surface area contributed by atoms with Crippen LogP contribution in [-0.4, -0.2) is 35.8 Å². The van der Waals surface area contributed by atoms with Crippen molar-refractivity contribution in [3.8, 4) is 5.75 Å². The van der Waals surface area contributed by atoms with Crippen molar-refractivity contribution >= 4 is 17.7 Å². The van der Waals surface area contributed by atoms with Gasteiger partial charge in [-0.2, -0.15) is 0 Å². The van der Waals surface area contributed by atoms with Crippen LogP contribution in [0, 0.1) is 0 Å². The average molecular weight is 298 g/mol. The number of ether oxygens (including phenoxy) is 2. The van der Waals surface area contributed by atoms with Crippen LogP contribution in [0.2, 0.25) is 5.02 Å². The Morgan fingerprint density at radius 1 is 1.30 bits per heavy atom. The van der Waals surface area contributed by atoms with Crippen molar-refractivity contribution in [3.63, 3.8) is 0 Å². The number of rotatable bonds is 2. The van der Waals surface area contributed by atoms with Gasteiger partial charge in [0.25, 0.3) is 0 Å². The minimum absolute atomic E-state index is 0.00342.